The molecule has 0 bridgehead atoms. The largest absolute Gasteiger partial charge is 0.370 e. The lowest BCUT2D eigenvalue weighted by Crippen LogP contribution is -2.15. The molecular weight excluding hydrogens is 284 g/mol. The van der Waals surface area contributed by atoms with Crippen LogP contribution in [0.5, 0.6) is 0 Å². The van der Waals surface area contributed by atoms with Crippen LogP contribution in [0.25, 0.3) is 0 Å². The van der Waals surface area contributed by atoms with Gasteiger partial charge in [0.15, 0.2) is 0 Å². The molecule has 1 aromatic heterocycles. The molecule has 1 aromatic carbocycles. The van der Waals surface area contributed by atoms with Crippen LogP contribution in [0.3, 0.4) is 0 Å². The van der Waals surface area contributed by atoms with Crippen molar-refractivity contribution in [2.45, 2.75) is 32.7 Å². The van der Waals surface area contributed by atoms with Crippen LogP contribution in [0.15, 0.2) is 36.7 Å². The second-order valence-corrected chi connectivity index (χ2v) is 5.49. The molecule has 1 heterocycles. The number of nitrogens with zero attached hydrogens (tertiary/aromatic N) is 2. The highest BCUT2D eigenvalue weighted by atomic mass is 35.5. The number of halogens is 1. The van der Waals surface area contributed by atoms with Crippen molar-refractivity contribution in [2.24, 2.45) is 0 Å². The van der Waals surface area contributed by atoms with Crippen molar-refractivity contribution in [3.8, 4) is 0 Å². The number of anilines is 2. The molecule has 0 fully saturated rings. The Balaban J connectivity index is 1.87. The molecule has 0 amide bonds. The van der Waals surface area contributed by atoms with Gasteiger partial charge in [0.1, 0.15) is 18.0 Å². The molecule has 0 aliphatic heterocycles. The first-order chi connectivity index (χ1) is 10.2. The van der Waals surface area contributed by atoms with E-state index >= 15 is 0 Å². The molecule has 1 unspecified atom stereocenters. The van der Waals surface area contributed by atoms with Crippen LogP contribution in [-0.4, -0.2) is 22.6 Å². The minimum atomic E-state index is 0.402. The average Bonchev–Trinajstić information content (AvgIpc) is 2.47. The third kappa shape index (κ3) is 5.23. The summed E-state index contributed by atoms with van der Waals surface area (Å²) in [5, 5.41) is 7.42. The monoisotopic (exact) mass is 304 g/mol. The highest BCUT2D eigenvalue weighted by molar-refractivity contribution is 6.30. The van der Waals surface area contributed by atoms with Crippen LogP contribution in [-0.2, 0) is 6.42 Å². The van der Waals surface area contributed by atoms with Gasteiger partial charge in [0, 0.05) is 23.7 Å². The van der Waals surface area contributed by atoms with E-state index < -0.39 is 0 Å². The predicted molar refractivity (Wildman–Crippen MR) is 89.1 cm³/mol. The van der Waals surface area contributed by atoms with Gasteiger partial charge < -0.3 is 10.6 Å². The van der Waals surface area contributed by atoms with Crippen LogP contribution >= 0.6 is 11.6 Å². The fourth-order valence-corrected chi connectivity index (χ4v) is 2.13. The van der Waals surface area contributed by atoms with E-state index in [4.69, 9.17) is 11.6 Å². The third-order valence-electron chi connectivity index (χ3n) is 3.28. The molecule has 2 aromatic rings. The van der Waals surface area contributed by atoms with Gasteiger partial charge in [-0.05, 0) is 37.5 Å². The molecule has 4 nitrogen and oxygen atoms in total. The van der Waals surface area contributed by atoms with E-state index in [1.807, 2.05) is 24.3 Å². The summed E-state index contributed by atoms with van der Waals surface area (Å²) in [6.07, 6.45) is 3.53. The molecule has 21 heavy (non-hydrogen) atoms. The van der Waals surface area contributed by atoms with Gasteiger partial charge in [0.2, 0.25) is 0 Å². The molecule has 5 heteroatoms. The number of rotatable bonds is 7. The molecule has 0 aliphatic rings. The summed E-state index contributed by atoms with van der Waals surface area (Å²) in [6, 6.07) is 10.2. The second-order valence-electron chi connectivity index (χ2n) is 5.05. The summed E-state index contributed by atoms with van der Waals surface area (Å²) in [6.45, 7) is 5.08. The number of hydrogen-bond donors (Lipinski definition) is 2. The summed E-state index contributed by atoms with van der Waals surface area (Å²) < 4.78 is 0. The molecule has 112 valence electrons. The molecular formula is C16H21ClN4. The van der Waals surface area contributed by atoms with Gasteiger partial charge in [-0.15, -0.1) is 0 Å². The second kappa shape index (κ2) is 7.84. The van der Waals surface area contributed by atoms with Crippen LogP contribution < -0.4 is 10.6 Å². The number of hydrogen-bond acceptors (Lipinski definition) is 4. The Bertz CT molecular complexity index is 574. The maximum absolute atomic E-state index is 5.97. The summed E-state index contributed by atoms with van der Waals surface area (Å²) >= 11 is 5.97. The molecule has 1 atom stereocenters. The number of aromatic nitrogens is 2. The number of nitrogens with one attached hydrogen (secondary N) is 2. The lowest BCUT2D eigenvalue weighted by Gasteiger charge is -2.13. The fraction of sp³-hybridized carbons (Fsp3) is 0.375. The van der Waals surface area contributed by atoms with Crippen molar-refractivity contribution >= 4 is 23.2 Å². The van der Waals surface area contributed by atoms with Crippen molar-refractivity contribution in [1.82, 2.24) is 9.97 Å². The van der Waals surface area contributed by atoms with E-state index in [2.05, 4.69) is 40.5 Å². The van der Waals surface area contributed by atoms with E-state index in [9.17, 15) is 0 Å². The van der Waals surface area contributed by atoms with Gasteiger partial charge in [-0.1, -0.05) is 30.7 Å². The maximum Gasteiger partial charge on any atom is 0.131 e. The highest BCUT2D eigenvalue weighted by Gasteiger charge is 2.02. The minimum Gasteiger partial charge on any atom is -0.370 e. The van der Waals surface area contributed by atoms with E-state index in [1.54, 1.807) is 6.33 Å². The van der Waals surface area contributed by atoms with Crippen molar-refractivity contribution < 1.29 is 0 Å². The van der Waals surface area contributed by atoms with Crippen molar-refractivity contribution in [1.29, 1.82) is 0 Å². The summed E-state index contributed by atoms with van der Waals surface area (Å²) in [4.78, 5) is 8.46. The Morgan fingerprint density at radius 1 is 1.19 bits per heavy atom. The van der Waals surface area contributed by atoms with Gasteiger partial charge in [-0.25, -0.2) is 9.97 Å². The van der Waals surface area contributed by atoms with E-state index in [0.717, 1.165) is 36.0 Å². The normalized spacial score (nSPS) is 12.0. The lowest BCUT2D eigenvalue weighted by molar-refractivity contribution is 0.758. The first-order valence-electron chi connectivity index (χ1n) is 7.24. The molecule has 0 radical (unpaired) electrons. The Labute approximate surface area is 131 Å². The molecule has 2 rings (SSSR count). The average molecular weight is 305 g/mol. The topological polar surface area (TPSA) is 49.8 Å². The molecule has 0 spiro atoms. The standard InChI is InChI=1S/C16H21ClN4/c1-3-12(2)21-16-10-15(19-11-20-16)18-8-7-13-5-4-6-14(17)9-13/h4-6,9-12H,3,7-8H2,1-2H3,(H2,18,19,20,21). The van der Waals surface area contributed by atoms with Crippen LogP contribution in [0.2, 0.25) is 5.02 Å². The van der Waals surface area contributed by atoms with E-state index in [1.165, 1.54) is 5.56 Å². The van der Waals surface area contributed by atoms with Gasteiger partial charge >= 0.3 is 0 Å². The van der Waals surface area contributed by atoms with E-state index in [0.29, 0.717) is 6.04 Å². The maximum atomic E-state index is 5.97. The first kappa shape index (κ1) is 15.6. The number of benzene rings is 1. The van der Waals surface area contributed by atoms with Crippen LogP contribution in [0.4, 0.5) is 11.6 Å². The molecule has 2 N–H and O–H groups in total. The zero-order valence-corrected chi connectivity index (χ0v) is 13.2. The zero-order valence-electron chi connectivity index (χ0n) is 12.4. The molecule has 0 aliphatic carbocycles. The first-order valence-corrected chi connectivity index (χ1v) is 7.62. The van der Waals surface area contributed by atoms with Crippen molar-refractivity contribution in [3.05, 3.63) is 47.2 Å². The molecule has 0 saturated carbocycles. The lowest BCUT2D eigenvalue weighted by atomic mass is 10.1. The predicted octanol–water partition coefficient (Wildman–Crippen LogP) is 4.00. The third-order valence-corrected chi connectivity index (χ3v) is 3.52. The minimum absolute atomic E-state index is 0.402. The van der Waals surface area contributed by atoms with Crippen molar-refractivity contribution in [2.75, 3.05) is 17.2 Å². The summed E-state index contributed by atoms with van der Waals surface area (Å²) in [5.74, 6) is 1.68. The Morgan fingerprint density at radius 2 is 2.00 bits per heavy atom. The van der Waals surface area contributed by atoms with Crippen molar-refractivity contribution in [3.63, 3.8) is 0 Å². The summed E-state index contributed by atoms with van der Waals surface area (Å²) in [7, 11) is 0. The Hall–Kier alpha value is -1.81. The Morgan fingerprint density at radius 3 is 2.76 bits per heavy atom. The van der Waals surface area contributed by atoms with Gasteiger partial charge in [0.25, 0.3) is 0 Å². The highest BCUT2D eigenvalue weighted by Crippen LogP contribution is 2.13. The van der Waals surface area contributed by atoms with Gasteiger partial charge in [-0.2, -0.15) is 0 Å². The fourth-order valence-electron chi connectivity index (χ4n) is 1.91. The smallest absolute Gasteiger partial charge is 0.131 e. The van der Waals surface area contributed by atoms with Gasteiger partial charge in [-0.3, -0.25) is 0 Å². The Kier molecular flexibility index (Phi) is 5.81. The zero-order chi connectivity index (χ0) is 15.1. The summed E-state index contributed by atoms with van der Waals surface area (Å²) in [5.41, 5.74) is 1.21. The van der Waals surface area contributed by atoms with E-state index in [-0.39, 0.29) is 0 Å². The quantitative estimate of drug-likeness (QED) is 0.812. The molecule has 0 saturated heterocycles. The SMILES string of the molecule is CCC(C)Nc1cc(NCCc2cccc(Cl)c2)ncn1. The van der Waals surface area contributed by atoms with Crippen LogP contribution in [0, 0.1) is 0 Å². The van der Waals surface area contributed by atoms with Gasteiger partial charge in [0.05, 0.1) is 0 Å². The van der Waals surface area contributed by atoms with Crippen LogP contribution in [0.1, 0.15) is 25.8 Å².